The minimum atomic E-state index is -0.0245. The smallest absolute Gasteiger partial charge is 0.270 e. The van der Waals surface area contributed by atoms with Gasteiger partial charge in [0.15, 0.2) is 0 Å². The minimum Gasteiger partial charge on any atom is -0.385 e. The molecule has 19 heavy (non-hydrogen) atoms. The molecule has 0 aliphatic heterocycles. The van der Waals surface area contributed by atoms with Gasteiger partial charge in [-0.2, -0.15) is 0 Å². The average Bonchev–Trinajstić information content (AvgIpc) is 3.29. The van der Waals surface area contributed by atoms with Gasteiger partial charge in [-0.15, -0.1) is 0 Å². The molecular formula is C15H21N3O. The third-order valence-corrected chi connectivity index (χ3v) is 3.93. The van der Waals surface area contributed by atoms with Gasteiger partial charge < -0.3 is 10.6 Å². The van der Waals surface area contributed by atoms with Crippen LogP contribution in [0.5, 0.6) is 0 Å². The molecule has 0 bridgehead atoms. The average molecular weight is 259 g/mol. The second kappa shape index (κ2) is 5.19. The molecule has 102 valence electrons. The van der Waals surface area contributed by atoms with Gasteiger partial charge >= 0.3 is 0 Å². The number of hydrogen-bond acceptors (Lipinski definition) is 3. The lowest BCUT2D eigenvalue weighted by atomic mass is 10.1. The molecule has 4 nitrogen and oxygen atoms in total. The van der Waals surface area contributed by atoms with Crippen molar-refractivity contribution in [2.45, 2.75) is 38.6 Å². The standard InChI is InChI=1S/C15H21N3O/c1-2-16-12-7-8-17-13(9-12)15(19)18-14(10-3-4-10)11-5-6-11/h7-11,14H,2-6H2,1H3,(H,16,17)(H,18,19). The van der Waals surface area contributed by atoms with Gasteiger partial charge in [-0.25, -0.2) is 0 Å². The third kappa shape index (κ3) is 3.06. The molecule has 0 aromatic carbocycles. The van der Waals surface area contributed by atoms with E-state index in [1.807, 2.05) is 19.1 Å². The predicted octanol–water partition coefficient (Wildman–Crippen LogP) is 2.43. The first-order chi connectivity index (χ1) is 9.28. The van der Waals surface area contributed by atoms with Gasteiger partial charge in [-0.3, -0.25) is 9.78 Å². The van der Waals surface area contributed by atoms with Crippen molar-refractivity contribution in [1.82, 2.24) is 10.3 Å². The van der Waals surface area contributed by atoms with Crippen LogP contribution in [0.4, 0.5) is 5.69 Å². The number of carbonyl (C=O) groups excluding carboxylic acids is 1. The number of nitrogens with zero attached hydrogens (tertiary/aromatic N) is 1. The molecular weight excluding hydrogens is 238 g/mol. The van der Waals surface area contributed by atoms with Gasteiger partial charge in [0.05, 0.1) is 0 Å². The van der Waals surface area contributed by atoms with E-state index in [0.29, 0.717) is 23.6 Å². The normalized spacial score (nSPS) is 18.4. The van der Waals surface area contributed by atoms with Crippen LogP contribution in [0.15, 0.2) is 18.3 Å². The van der Waals surface area contributed by atoms with E-state index < -0.39 is 0 Å². The van der Waals surface area contributed by atoms with E-state index in [1.165, 1.54) is 25.7 Å². The molecule has 4 heteroatoms. The van der Waals surface area contributed by atoms with Crippen molar-refractivity contribution in [2.75, 3.05) is 11.9 Å². The van der Waals surface area contributed by atoms with Crippen molar-refractivity contribution in [3.8, 4) is 0 Å². The summed E-state index contributed by atoms with van der Waals surface area (Å²) < 4.78 is 0. The first-order valence-corrected chi connectivity index (χ1v) is 7.28. The Kier molecular flexibility index (Phi) is 3.40. The van der Waals surface area contributed by atoms with Crippen molar-refractivity contribution in [1.29, 1.82) is 0 Å². The molecule has 0 atom stereocenters. The van der Waals surface area contributed by atoms with E-state index in [1.54, 1.807) is 6.20 Å². The molecule has 0 saturated heterocycles. The van der Waals surface area contributed by atoms with Gasteiger partial charge in [0.25, 0.3) is 5.91 Å². The second-order valence-corrected chi connectivity index (χ2v) is 5.63. The summed E-state index contributed by atoms with van der Waals surface area (Å²) in [6, 6.07) is 4.10. The molecule has 0 spiro atoms. The van der Waals surface area contributed by atoms with Gasteiger partial charge in [-0.1, -0.05) is 0 Å². The molecule has 2 N–H and O–H groups in total. The lowest BCUT2D eigenvalue weighted by Gasteiger charge is -2.17. The zero-order chi connectivity index (χ0) is 13.2. The summed E-state index contributed by atoms with van der Waals surface area (Å²) in [6.07, 6.45) is 6.77. The van der Waals surface area contributed by atoms with Gasteiger partial charge in [0, 0.05) is 24.5 Å². The first kappa shape index (κ1) is 12.5. The van der Waals surface area contributed by atoms with Crippen molar-refractivity contribution in [2.24, 2.45) is 11.8 Å². The summed E-state index contributed by atoms with van der Waals surface area (Å²) in [5, 5.41) is 6.40. The van der Waals surface area contributed by atoms with E-state index in [0.717, 1.165) is 12.2 Å². The molecule has 1 aromatic heterocycles. The second-order valence-electron chi connectivity index (χ2n) is 5.63. The van der Waals surface area contributed by atoms with Crippen molar-refractivity contribution in [3.05, 3.63) is 24.0 Å². The largest absolute Gasteiger partial charge is 0.385 e. The van der Waals surface area contributed by atoms with Gasteiger partial charge in [0.2, 0.25) is 0 Å². The highest BCUT2D eigenvalue weighted by atomic mass is 16.1. The topological polar surface area (TPSA) is 54.0 Å². The molecule has 1 aromatic rings. The van der Waals surface area contributed by atoms with Crippen LogP contribution in [0.25, 0.3) is 0 Å². The Morgan fingerprint density at radius 3 is 2.63 bits per heavy atom. The summed E-state index contributed by atoms with van der Waals surface area (Å²) in [7, 11) is 0. The first-order valence-electron chi connectivity index (χ1n) is 7.28. The van der Waals surface area contributed by atoms with Gasteiger partial charge in [0.1, 0.15) is 5.69 Å². The summed E-state index contributed by atoms with van der Waals surface area (Å²) in [5.41, 5.74) is 1.47. The Morgan fingerprint density at radius 1 is 1.37 bits per heavy atom. The highest BCUT2D eigenvalue weighted by molar-refractivity contribution is 5.93. The predicted molar refractivity (Wildman–Crippen MR) is 75.1 cm³/mol. The number of hydrogen-bond donors (Lipinski definition) is 2. The number of amides is 1. The summed E-state index contributed by atoms with van der Waals surface area (Å²) in [6.45, 7) is 2.88. The Bertz CT molecular complexity index is 454. The number of pyridine rings is 1. The fourth-order valence-corrected chi connectivity index (χ4v) is 2.63. The SMILES string of the molecule is CCNc1ccnc(C(=O)NC(C2CC2)C2CC2)c1. The van der Waals surface area contributed by atoms with E-state index in [4.69, 9.17) is 0 Å². The molecule has 2 fully saturated rings. The summed E-state index contributed by atoms with van der Waals surface area (Å²) in [4.78, 5) is 16.5. The molecule has 0 unspecified atom stereocenters. The lowest BCUT2D eigenvalue weighted by Crippen LogP contribution is -2.38. The number of carbonyl (C=O) groups is 1. The van der Waals surface area contributed by atoms with E-state index in [9.17, 15) is 4.79 Å². The summed E-state index contributed by atoms with van der Waals surface area (Å²) in [5.74, 6) is 1.41. The zero-order valence-corrected chi connectivity index (χ0v) is 11.4. The minimum absolute atomic E-state index is 0.0245. The van der Waals surface area contributed by atoms with E-state index in [-0.39, 0.29) is 5.91 Å². The Balaban J connectivity index is 1.66. The quantitative estimate of drug-likeness (QED) is 0.825. The fourth-order valence-electron chi connectivity index (χ4n) is 2.63. The molecule has 2 saturated carbocycles. The van der Waals surface area contributed by atoms with Crippen molar-refractivity contribution in [3.63, 3.8) is 0 Å². The zero-order valence-electron chi connectivity index (χ0n) is 11.4. The van der Waals surface area contributed by atoms with Crippen LogP contribution in [0.1, 0.15) is 43.1 Å². The summed E-state index contributed by atoms with van der Waals surface area (Å²) >= 11 is 0. The van der Waals surface area contributed by atoms with Gasteiger partial charge in [-0.05, 0) is 56.6 Å². The number of rotatable bonds is 6. The molecule has 1 heterocycles. The molecule has 3 rings (SSSR count). The Morgan fingerprint density at radius 2 is 2.05 bits per heavy atom. The fraction of sp³-hybridized carbons (Fsp3) is 0.600. The molecule has 1 amide bonds. The van der Waals surface area contributed by atoms with Crippen LogP contribution >= 0.6 is 0 Å². The molecule has 2 aliphatic rings. The van der Waals surface area contributed by atoms with Crippen LogP contribution in [0.3, 0.4) is 0 Å². The number of aromatic nitrogens is 1. The Labute approximate surface area is 114 Å². The Hall–Kier alpha value is -1.58. The van der Waals surface area contributed by atoms with Crippen LogP contribution in [-0.2, 0) is 0 Å². The maximum atomic E-state index is 12.3. The van der Waals surface area contributed by atoms with Crippen LogP contribution in [0.2, 0.25) is 0 Å². The maximum Gasteiger partial charge on any atom is 0.270 e. The lowest BCUT2D eigenvalue weighted by molar-refractivity contribution is 0.0921. The van der Waals surface area contributed by atoms with Crippen molar-refractivity contribution < 1.29 is 4.79 Å². The third-order valence-electron chi connectivity index (χ3n) is 3.93. The van der Waals surface area contributed by atoms with Crippen LogP contribution < -0.4 is 10.6 Å². The molecule has 2 aliphatic carbocycles. The number of nitrogens with one attached hydrogen (secondary N) is 2. The highest BCUT2D eigenvalue weighted by Gasteiger charge is 2.42. The maximum absolute atomic E-state index is 12.3. The van der Waals surface area contributed by atoms with Crippen LogP contribution in [0, 0.1) is 11.8 Å². The molecule has 0 radical (unpaired) electrons. The van der Waals surface area contributed by atoms with Crippen molar-refractivity contribution >= 4 is 11.6 Å². The van der Waals surface area contributed by atoms with E-state index >= 15 is 0 Å². The number of anilines is 1. The van der Waals surface area contributed by atoms with Crippen LogP contribution in [-0.4, -0.2) is 23.5 Å². The highest BCUT2D eigenvalue weighted by Crippen LogP contribution is 2.44. The monoisotopic (exact) mass is 259 g/mol. The van der Waals surface area contributed by atoms with E-state index in [2.05, 4.69) is 15.6 Å².